The molecule has 0 spiro atoms. The number of carbonyl (C=O) groups excluding carboxylic acids is 3. The van der Waals surface area contributed by atoms with Crippen LogP contribution in [0.15, 0.2) is 39.7 Å². The molecule has 0 unspecified atom stereocenters. The molecule has 1 N–H and O–H groups in total. The molecule has 8 heteroatoms. The third-order valence-electron chi connectivity index (χ3n) is 4.84. The molecule has 3 amide bonds. The number of anilines is 1. The van der Waals surface area contributed by atoms with Crippen LogP contribution in [0.4, 0.5) is 10.5 Å². The van der Waals surface area contributed by atoms with Crippen LogP contribution >= 0.6 is 27.7 Å². The fourth-order valence-electron chi connectivity index (χ4n) is 3.45. The number of aryl methyl sites for hydroxylation is 3. The molecular formula is C24H25BrN2O4S. The minimum Gasteiger partial charge on any atom is -0.493 e. The van der Waals surface area contributed by atoms with Gasteiger partial charge in [-0.15, -0.1) is 0 Å². The van der Waals surface area contributed by atoms with Gasteiger partial charge in [0.25, 0.3) is 11.1 Å². The Bertz CT molecular complexity index is 1090. The van der Waals surface area contributed by atoms with Crippen molar-refractivity contribution in [2.75, 3.05) is 18.5 Å². The molecule has 1 saturated heterocycles. The van der Waals surface area contributed by atoms with E-state index in [2.05, 4.69) is 21.2 Å². The highest BCUT2D eigenvalue weighted by Gasteiger charge is 2.36. The average Bonchev–Trinajstić information content (AvgIpc) is 2.97. The maximum atomic E-state index is 12.9. The fourth-order valence-corrected chi connectivity index (χ4v) is 4.66. The van der Waals surface area contributed by atoms with Crippen molar-refractivity contribution in [1.82, 2.24) is 4.90 Å². The minimum atomic E-state index is -0.492. The van der Waals surface area contributed by atoms with E-state index in [0.717, 1.165) is 44.2 Å². The molecule has 0 aromatic heterocycles. The molecule has 0 radical (unpaired) electrons. The summed E-state index contributed by atoms with van der Waals surface area (Å²) in [7, 11) is 0. The zero-order chi connectivity index (χ0) is 23.4. The van der Waals surface area contributed by atoms with Gasteiger partial charge in [0.15, 0.2) is 0 Å². The van der Waals surface area contributed by atoms with Crippen LogP contribution in [-0.2, 0) is 9.59 Å². The molecule has 0 bridgehead atoms. The second kappa shape index (κ2) is 10.4. The maximum Gasteiger partial charge on any atom is 0.294 e. The highest BCUT2D eigenvalue weighted by molar-refractivity contribution is 9.10. The molecule has 0 saturated carbocycles. The summed E-state index contributed by atoms with van der Waals surface area (Å²) >= 11 is 4.25. The summed E-state index contributed by atoms with van der Waals surface area (Å²) in [5, 5.41) is 2.37. The third kappa shape index (κ3) is 5.61. The number of nitrogens with zero attached hydrogens (tertiary/aromatic N) is 1. The van der Waals surface area contributed by atoms with Gasteiger partial charge in [-0.3, -0.25) is 19.3 Å². The van der Waals surface area contributed by atoms with Gasteiger partial charge in [-0.25, -0.2) is 0 Å². The van der Waals surface area contributed by atoms with Gasteiger partial charge in [0.1, 0.15) is 12.3 Å². The Hall–Kier alpha value is -2.58. The van der Waals surface area contributed by atoms with Gasteiger partial charge in [0.05, 0.1) is 11.5 Å². The zero-order valence-corrected chi connectivity index (χ0v) is 20.9. The van der Waals surface area contributed by atoms with Gasteiger partial charge in [-0.05, 0) is 74.4 Å². The van der Waals surface area contributed by atoms with Crippen molar-refractivity contribution in [2.45, 2.75) is 34.1 Å². The average molecular weight is 517 g/mol. The Balaban J connectivity index is 1.77. The lowest BCUT2D eigenvalue weighted by Crippen LogP contribution is -2.36. The molecule has 6 nitrogen and oxygen atoms in total. The summed E-state index contributed by atoms with van der Waals surface area (Å²) in [5.74, 6) is -0.281. The molecule has 32 heavy (non-hydrogen) atoms. The van der Waals surface area contributed by atoms with Crippen LogP contribution in [0.3, 0.4) is 0 Å². The normalized spacial score (nSPS) is 14.9. The largest absolute Gasteiger partial charge is 0.493 e. The van der Waals surface area contributed by atoms with E-state index in [-0.39, 0.29) is 11.4 Å². The van der Waals surface area contributed by atoms with E-state index in [1.165, 1.54) is 0 Å². The Morgan fingerprint density at radius 2 is 1.84 bits per heavy atom. The molecular weight excluding hydrogens is 492 g/mol. The monoisotopic (exact) mass is 516 g/mol. The van der Waals surface area contributed by atoms with E-state index in [9.17, 15) is 14.4 Å². The standard InChI is InChI=1S/C24H25BrN2O4S/c1-5-8-31-19-7-6-18(25)11-17(19)12-20-23(29)27(24(30)32-20)13-21(28)26-22-15(3)9-14(2)10-16(22)4/h6-7,9-12H,5,8,13H2,1-4H3,(H,26,28)/b20-12+. The number of rotatable bonds is 7. The van der Waals surface area contributed by atoms with Crippen LogP contribution in [0, 0.1) is 20.8 Å². The van der Waals surface area contributed by atoms with Crippen molar-refractivity contribution in [3.05, 3.63) is 62.0 Å². The first kappa shape index (κ1) is 24.1. The topological polar surface area (TPSA) is 75.7 Å². The lowest BCUT2D eigenvalue weighted by Gasteiger charge is -2.16. The third-order valence-corrected chi connectivity index (χ3v) is 6.24. The second-order valence-electron chi connectivity index (χ2n) is 7.62. The summed E-state index contributed by atoms with van der Waals surface area (Å²) in [6.07, 6.45) is 2.48. The summed E-state index contributed by atoms with van der Waals surface area (Å²) in [5.41, 5.74) is 4.35. The summed E-state index contributed by atoms with van der Waals surface area (Å²) in [4.78, 5) is 39.2. The predicted octanol–water partition coefficient (Wildman–Crippen LogP) is 5.84. The van der Waals surface area contributed by atoms with Gasteiger partial charge < -0.3 is 10.1 Å². The Morgan fingerprint density at radius 1 is 1.16 bits per heavy atom. The maximum absolute atomic E-state index is 12.9. The van der Waals surface area contributed by atoms with Crippen molar-refractivity contribution in [1.29, 1.82) is 0 Å². The predicted molar refractivity (Wildman–Crippen MR) is 132 cm³/mol. The molecule has 0 atom stereocenters. The number of hydrogen-bond donors (Lipinski definition) is 1. The van der Waals surface area contributed by atoms with Crippen LogP contribution in [-0.4, -0.2) is 35.1 Å². The van der Waals surface area contributed by atoms with Gasteiger partial charge in [-0.1, -0.05) is 40.5 Å². The Labute approximate surface area is 200 Å². The molecule has 3 rings (SSSR count). The summed E-state index contributed by atoms with van der Waals surface area (Å²) in [6.45, 7) is 8.02. The van der Waals surface area contributed by atoms with E-state index in [0.29, 0.717) is 23.6 Å². The van der Waals surface area contributed by atoms with E-state index in [1.54, 1.807) is 6.08 Å². The van der Waals surface area contributed by atoms with Crippen molar-refractivity contribution in [3.63, 3.8) is 0 Å². The highest BCUT2D eigenvalue weighted by atomic mass is 79.9. The van der Waals surface area contributed by atoms with Crippen molar-refractivity contribution < 1.29 is 19.1 Å². The number of thioether (sulfide) groups is 1. The molecule has 1 aliphatic rings. The van der Waals surface area contributed by atoms with Gasteiger partial charge in [-0.2, -0.15) is 0 Å². The van der Waals surface area contributed by atoms with Gasteiger partial charge >= 0.3 is 0 Å². The van der Waals surface area contributed by atoms with E-state index in [1.807, 2.05) is 58.0 Å². The molecule has 0 aliphatic carbocycles. The van der Waals surface area contributed by atoms with Crippen LogP contribution in [0.2, 0.25) is 0 Å². The Kier molecular flexibility index (Phi) is 7.79. The molecule has 1 fully saturated rings. The number of hydrogen-bond acceptors (Lipinski definition) is 5. The van der Waals surface area contributed by atoms with E-state index >= 15 is 0 Å². The summed E-state index contributed by atoms with van der Waals surface area (Å²) < 4.78 is 6.58. The number of benzene rings is 2. The first-order valence-corrected chi connectivity index (χ1v) is 11.9. The van der Waals surface area contributed by atoms with Crippen LogP contribution < -0.4 is 10.1 Å². The summed E-state index contributed by atoms with van der Waals surface area (Å²) in [6, 6.07) is 9.45. The number of ether oxygens (including phenoxy) is 1. The van der Waals surface area contributed by atoms with Crippen molar-refractivity contribution >= 4 is 56.5 Å². The lowest BCUT2D eigenvalue weighted by molar-refractivity contribution is -0.127. The number of imide groups is 1. The van der Waals surface area contributed by atoms with E-state index in [4.69, 9.17) is 4.74 Å². The first-order valence-electron chi connectivity index (χ1n) is 10.2. The van der Waals surface area contributed by atoms with Gasteiger partial charge in [0, 0.05) is 15.7 Å². The molecule has 2 aromatic rings. The first-order chi connectivity index (χ1) is 15.2. The Morgan fingerprint density at radius 3 is 2.50 bits per heavy atom. The zero-order valence-electron chi connectivity index (χ0n) is 18.5. The molecule has 2 aromatic carbocycles. The van der Waals surface area contributed by atoms with Crippen LogP contribution in [0.1, 0.15) is 35.6 Å². The number of amides is 3. The van der Waals surface area contributed by atoms with Crippen LogP contribution in [0.25, 0.3) is 6.08 Å². The smallest absolute Gasteiger partial charge is 0.294 e. The highest BCUT2D eigenvalue weighted by Crippen LogP contribution is 2.35. The molecule has 1 heterocycles. The fraction of sp³-hybridized carbons (Fsp3) is 0.292. The molecule has 1 aliphatic heterocycles. The SMILES string of the molecule is CCCOc1ccc(Br)cc1/C=C1/SC(=O)N(CC(=O)Nc2c(C)cc(C)cc2C)C1=O. The number of carbonyl (C=O) groups is 3. The second-order valence-corrected chi connectivity index (χ2v) is 9.53. The number of halogens is 1. The molecule has 168 valence electrons. The number of nitrogens with one attached hydrogen (secondary N) is 1. The lowest BCUT2D eigenvalue weighted by atomic mass is 10.1. The van der Waals surface area contributed by atoms with E-state index < -0.39 is 17.1 Å². The quantitative estimate of drug-likeness (QED) is 0.468. The van der Waals surface area contributed by atoms with Crippen LogP contribution in [0.5, 0.6) is 5.75 Å². The minimum absolute atomic E-state index is 0.255. The van der Waals surface area contributed by atoms with Gasteiger partial charge in [0.2, 0.25) is 5.91 Å². The van der Waals surface area contributed by atoms with Crippen molar-refractivity contribution in [3.8, 4) is 5.75 Å². The van der Waals surface area contributed by atoms with Crippen molar-refractivity contribution in [2.24, 2.45) is 0 Å².